The normalized spacial score (nSPS) is 12.1. The smallest absolute Gasteiger partial charge is 0.178 e. The van der Waals surface area contributed by atoms with E-state index in [1.165, 1.54) is 18.2 Å². The van der Waals surface area contributed by atoms with Crippen LogP contribution in [-0.2, 0) is 9.84 Å². The summed E-state index contributed by atoms with van der Waals surface area (Å²) in [5.74, 6) is 0.478. The first-order valence-corrected chi connectivity index (χ1v) is 7.41. The van der Waals surface area contributed by atoms with E-state index in [-0.39, 0.29) is 10.6 Å². The van der Waals surface area contributed by atoms with Crippen LogP contribution in [-0.4, -0.2) is 14.2 Å². The zero-order chi connectivity index (χ0) is 12.3. The monoisotopic (exact) mass is 280 g/mol. The highest BCUT2D eigenvalue weighted by Gasteiger charge is 2.16. The molecule has 0 spiro atoms. The van der Waals surface area contributed by atoms with E-state index in [4.69, 9.17) is 23.2 Å². The van der Waals surface area contributed by atoms with E-state index in [0.717, 1.165) is 0 Å². The molecule has 0 bridgehead atoms. The van der Waals surface area contributed by atoms with E-state index >= 15 is 0 Å². The van der Waals surface area contributed by atoms with E-state index in [1.54, 1.807) is 0 Å². The summed E-state index contributed by atoms with van der Waals surface area (Å²) in [6.07, 6.45) is 0.631. The van der Waals surface area contributed by atoms with Crippen LogP contribution in [0.3, 0.4) is 0 Å². The fourth-order valence-corrected chi connectivity index (χ4v) is 3.50. The fourth-order valence-electron chi connectivity index (χ4n) is 1.22. The Morgan fingerprint density at radius 2 is 1.62 bits per heavy atom. The summed E-state index contributed by atoms with van der Waals surface area (Å²) in [6, 6.07) is 4.39. The quantitative estimate of drug-likeness (QED) is 0.841. The summed E-state index contributed by atoms with van der Waals surface area (Å²) >= 11 is 11.5. The Morgan fingerprint density at radius 1 is 1.12 bits per heavy atom. The molecule has 0 saturated carbocycles. The maximum atomic E-state index is 11.9. The largest absolute Gasteiger partial charge is 0.224 e. The van der Waals surface area contributed by atoms with Crippen LogP contribution >= 0.6 is 23.2 Å². The van der Waals surface area contributed by atoms with Gasteiger partial charge in [-0.05, 0) is 30.5 Å². The van der Waals surface area contributed by atoms with Gasteiger partial charge >= 0.3 is 0 Å². The first kappa shape index (κ1) is 13.8. The number of halogens is 2. The lowest BCUT2D eigenvalue weighted by atomic mass is 10.2. The molecule has 2 nitrogen and oxygen atoms in total. The van der Waals surface area contributed by atoms with Crippen molar-refractivity contribution in [3.05, 3.63) is 28.2 Å². The Morgan fingerprint density at radius 3 is 2.06 bits per heavy atom. The van der Waals surface area contributed by atoms with Gasteiger partial charge < -0.3 is 0 Å². The Bertz CT molecular complexity index is 447. The fraction of sp³-hybridized carbons (Fsp3) is 0.455. The second-order valence-corrected chi connectivity index (χ2v) is 7.09. The SMILES string of the molecule is CC(C)CCS(=O)(=O)c1cc(Cl)cc(Cl)c1. The molecule has 0 aliphatic carbocycles. The highest BCUT2D eigenvalue weighted by Crippen LogP contribution is 2.23. The molecule has 16 heavy (non-hydrogen) atoms. The third kappa shape index (κ3) is 3.96. The minimum atomic E-state index is -3.27. The Kier molecular flexibility index (Phi) is 4.65. The highest BCUT2D eigenvalue weighted by atomic mass is 35.5. The zero-order valence-electron chi connectivity index (χ0n) is 9.20. The predicted octanol–water partition coefficient (Wildman–Crippen LogP) is 3.81. The van der Waals surface area contributed by atoms with Gasteiger partial charge in [0.2, 0.25) is 0 Å². The summed E-state index contributed by atoms with van der Waals surface area (Å²) in [5.41, 5.74) is 0. The van der Waals surface area contributed by atoms with Crippen LogP contribution in [0.5, 0.6) is 0 Å². The Balaban J connectivity index is 2.98. The van der Waals surface area contributed by atoms with Crippen LogP contribution in [0, 0.1) is 5.92 Å². The molecule has 1 rings (SSSR count). The molecule has 1 aromatic rings. The lowest BCUT2D eigenvalue weighted by molar-refractivity contribution is 0.573. The van der Waals surface area contributed by atoms with Crippen molar-refractivity contribution in [2.24, 2.45) is 5.92 Å². The Hall–Kier alpha value is -0.250. The topological polar surface area (TPSA) is 34.1 Å². The van der Waals surface area contributed by atoms with Crippen molar-refractivity contribution in [3.8, 4) is 0 Å². The van der Waals surface area contributed by atoms with Crippen molar-refractivity contribution in [2.45, 2.75) is 25.2 Å². The molecule has 0 saturated heterocycles. The molecule has 0 aliphatic rings. The third-order valence-corrected chi connectivity index (χ3v) is 4.32. The number of benzene rings is 1. The van der Waals surface area contributed by atoms with Crippen LogP contribution in [0.1, 0.15) is 20.3 Å². The third-order valence-electron chi connectivity index (χ3n) is 2.16. The van der Waals surface area contributed by atoms with Gasteiger partial charge in [-0.15, -0.1) is 0 Å². The molecule has 1 aromatic carbocycles. The van der Waals surface area contributed by atoms with Gasteiger partial charge in [-0.2, -0.15) is 0 Å². The predicted molar refractivity (Wildman–Crippen MR) is 68.0 cm³/mol. The van der Waals surface area contributed by atoms with Gasteiger partial charge in [0.05, 0.1) is 10.6 Å². The van der Waals surface area contributed by atoms with Crippen LogP contribution in [0.4, 0.5) is 0 Å². The average molecular weight is 281 g/mol. The molecular weight excluding hydrogens is 267 g/mol. The second kappa shape index (κ2) is 5.39. The molecule has 0 atom stereocenters. The average Bonchev–Trinajstić information content (AvgIpc) is 2.13. The maximum absolute atomic E-state index is 11.9. The number of sulfone groups is 1. The van der Waals surface area contributed by atoms with E-state index in [0.29, 0.717) is 22.4 Å². The minimum absolute atomic E-state index is 0.126. The second-order valence-electron chi connectivity index (χ2n) is 4.11. The summed E-state index contributed by atoms with van der Waals surface area (Å²) in [7, 11) is -3.27. The summed E-state index contributed by atoms with van der Waals surface area (Å²) < 4.78 is 23.8. The molecule has 0 fully saturated rings. The number of hydrogen-bond acceptors (Lipinski definition) is 2. The first-order valence-electron chi connectivity index (χ1n) is 5.00. The van der Waals surface area contributed by atoms with Gasteiger partial charge in [0, 0.05) is 10.0 Å². The van der Waals surface area contributed by atoms with E-state index in [9.17, 15) is 8.42 Å². The molecule has 0 N–H and O–H groups in total. The van der Waals surface area contributed by atoms with Crippen molar-refractivity contribution < 1.29 is 8.42 Å². The summed E-state index contributed by atoms with van der Waals surface area (Å²) in [5, 5.41) is 0.686. The molecular formula is C11H14Cl2O2S. The van der Waals surface area contributed by atoms with Crippen LogP contribution in [0.15, 0.2) is 23.1 Å². The van der Waals surface area contributed by atoms with Gasteiger partial charge in [-0.1, -0.05) is 37.0 Å². The van der Waals surface area contributed by atoms with Gasteiger partial charge in [-0.25, -0.2) is 8.42 Å². The first-order chi connectivity index (χ1) is 7.31. The molecule has 0 unspecified atom stereocenters. The molecule has 90 valence electrons. The van der Waals surface area contributed by atoms with E-state index in [2.05, 4.69) is 0 Å². The van der Waals surface area contributed by atoms with Crippen molar-refractivity contribution in [1.29, 1.82) is 0 Å². The van der Waals surface area contributed by atoms with E-state index in [1.807, 2.05) is 13.8 Å². The van der Waals surface area contributed by atoms with Gasteiger partial charge in [0.15, 0.2) is 9.84 Å². The van der Waals surface area contributed by atoms with Crippen molar-refractivity contribution in [1.82, 2.24) is 0 Å². The van der Waals surface area contributed by atoms with E-state index < -0.39 is 9.84 Å². The summed E-state index contributed by atoms with van der Waals surface area (Å²) in [6.45, 7) is 3.97. The lowest BCUT2D eigenvalue weighted by Crippen LogP contribution is -2.09. The molecule has 5 heteroatoms. The number of hydrogen-bond donors (Lipinski definition) is 0. The maximum Gasteiger partial charge on any atom is 0.178 e. The van der Waals surface area contributed by atoms with Gasteiger partial charge in [0.1, 0.15) is 0 Å². The molecule has 0 aromatic heterocycles. The lowest BCUT2D eigenvalue weighted by Gasteiger charge is -2.07. The molecule has 0 amide bonds. The molecule has 0 radical (unpaired) electrons. The molecule has 0 aliphatic heterocycles. The molecule has 0 heterocycles. The highest BCUT2D eigenvalue weighted by molar-refractivity contribution is 7.91. The van der Waals surface area contributed by atoms with Gasteiger partial charge in [-0.3, -0.25) is 0 Å². The zero-order valence-corrected chi connectivity index (χ0v) is 11.5. The summed E-state index contributed by atoms with van der Waals surface area (Å²) in [4.78, 5) is 0.200. The van der Waals surface area contributed by atoms with Crippen LogP contribution in [0.25, 0.3) is 0 Å². The minimum Gasteiger partial charge on any atom is -0.224 e. The van der Waals surface area contributed by atoms with Gasteiger partial charge in [0.25, 0.3) is 0 Å². The van der Waals surface area contributed by atoms with Crippen molar-refractivity contribution >= 4 is 33.0 Å². The van der Waals surface area contributed by atoms with Crippen LogP contribution in [0.2, 0.25) is 10.0 Å². The van der Waals surface area contributed by atoms with Crippen LogP contribution < -0.4 is 0 Å². The Labute approximate surface area is 106 Å². The van der Waals surface area contributed by atoms with Crippen molar-refractivity contribution in [2.75, 3.05) is 5.75 Å². The van der Waals surface area contributed by atoms with Crippen molar-refractivity contribution in [3.63, 3.8) is 0 Å². The number of rotatable bonds is 4. The standard InChI is InChI=1S/C11H14Cl2O2S/c1-8(2)3-4-16(14,15)11-6-9(12)5-10(13)7-11/h5-8H,3-4H2,1-2H3.